The number of aromatic amines is 1. The fourth-order valence-corrected chi connectivity index (χ4v) is 0.325. The van der Waals surface area contributed by atoms with Crippen molar-refractivity contribution in [1.82, 2.24) is 10.2 Å². The third-order valence-electron chi connectivity index (χ3n) is 0.640. The summed E-state index contributed by atoms with van der Waals surface area (Å²) in [4.78, 5) is 0. The van der Waals surface area contributed by atoms with Gasteiger partial charge in [-0.3, -0.25) is 5.10 Å². The first kappa shape index (κ1) is 6.27. The molecule has 3 heteroatoms. The van der Waals surface area contributed by atoms with Crippen molar-refractivity contribution >= 4 is 8.41 Å². The Bertz CT molecular complexity index is 113. The molecule has 2 nitrogen and oxygen atoms in total. The molecule has 0 saturated heterocycles. The van der Waals surface area contributed by atoms with Crippen LogP contribution in [0.4, 0.5) is 0 Å². The number of hydrogen-bond donors (Lipinski definition) is 1. The van der Waals surface area contributed by atoms with Gasteiger partial charge in [0.25, 0.3) is 0 Å². The summed E-state index contributed by atoms with van der Waals surface area (Å²) < 4.78 is 0. The molecule has 0 fully saturated rings. The fourth-order valence-electron chi connectivity index (χ4n) is 0.325. The van der Waals surface area contributed by atoms with E-state index < -0.39 is 0 Å². The number of hydrogen-bond acceptors (Lipinski definition) is 1. The average Bonchev–Trinajstić information content (AvgIpc) is 1.86. The molecule has 0 aliphatic heterocycles. The molecule has 1 N–H and O–H groups in total. The minimum Gasteiger partial charge on any atom is -0.283 e. The normalized spacial score (nSPS) is 7.57. The summed E-state index contributed by atoms with van der Waals surface area (Å²) in [6, 6.07) is 1.92. The molecule has 3 radical (unpaired) electrons. The topological polar surface area (TPSA) is 28.7 Å². The highest BCUT2D eigenvalue weighted by Gasteiger charge is 1.73. The van der Waals surface area contributed by atoms with Crippen LogP contribution >= 0.6 is 0 Å². The first-order valence-electron chi connectivity index (χ1n) is 1.85. The Morgan fingerprint density at radius 1 is 1.71 bits per heavy atom. The van der Waals surface area contributed by atoms with Crippen LogP contribution in [0.5, 0.6) is 0 Å². The average molecular weight is 92.9 g/mol. The molecule has 0 amide bonds. The maximum Gasteiger partial charge on any atom is 0.0489 e. The Kier molecular flexibility index (Phi) is 2.19. The highest BCUT2D eigenvalue weighted by molar-refractivity contribution is 5.75. The number of nitrogens with zero attached hydrogens (tertiary/aromatic N) is 1. The molecule has 7 heavy (non-hydrogen) atoms. The zero-order valence-electron chi connectivity index (χ0n) is 4.18. The molecule has 1 heterocycles. The summed E-state index contributed by atoms with van der Waals surface area (Å²) in [6.07, 6.45) is 1.73. The molecule has 0 aromatic carbocycles. The van der Waals surface area contributed by atoms with E-state index in [4.69, 9.17) is 0 Å². The molecule has 1 rings (SSSR count). The van der Waals surface area contributed by atoms with E-state index in [9.17, 15) is 0 Å². The van der Waals surface area contributed by atoms with Crippen LogP contribution in [0.1, 0.15) is 5.69 Å². The largest absolute Gasteiger partial charge is 0.283 e. The highest BCUT2D eigenvalue weighted by atomic mass is 15.1. The van der Waals surface area contributed by atoms with Crippen LogP contribution in [0.2, 0.25) is 0 Å². The Labute approximate surface area is 44.5 Å². The summed E-state index contributed by atoms with van der Waals surface area (Å²) in [5, 5.41) is 6.45. The minimum atomic E-state index is 0. The predicted octanol–water partition coefficient (Wildman–Crippen LogP) is 0.337. The zero-order valence-corrected chi connectivity index (χ0v) is 4.18. The van der Waals surface area contributed by atoms with Crippen LogP contribution in [-0.2, 0) is 0 Å². The van der Waals surface area contributed by atoms with Crippen LogP contribution in [-0.4, -0.2) is 18.6 Å². The van der Waals surface area contributed by atoms with E-state index in [-0.39, 0.29) is 8.41 Å². The van der Waals surface area contributed by atoms with Crippen molar-refractivity contribution in [2.24, 2.45) is 0 Å². The van der Waals surface area contributed by atoms with Crippen LogP contribution in [0.25, 0.3) is 0 Å². The second-order valence-corrected chi connectivity index (χ2v) is 1.24. The van der Waals surface area contributed by atoms with Crippen molar-refractivity contribution in [1.29, 1.82) is 0 Å². The molecule has 0 saturated carbocycles. The molecule has 0 bridgehead atoms. The van der Waals surface area contributed by atoms with E-state index >= 15 is 0 Å². The van der Waals surface area contributed by atoms with E-state index in [0.717, 1.165) is 5.69 Å². The third-order valence-corrected chi connectivity index (χ3v) is 0.640. The summed E-state index contributed by atoms with van der Waals surface area (Å²) in [5.74, 6) is 0. The Morgan fingerprint density at radius 2 is 2.43 bits per heavy atom. The lowest BCUT2D eigenvalue weighted by atomic mass is 10.5. The molecule has 0 atom stereocenters. The molecule has 0 unspecified atom stereocenters. The smallest absolute Gasteiger partial charge is 0.0489 e. The minimum absolute atomic E-state index is 0. The van der Waals surface area contributed by atoms with Gasteiger partial charge in [0, 0.05) is 20.3 Å². The lowest BCUT2D eigenvalue weighted by Gasteiger charge is -1.68. The third kappa shape index (κ3) is 1.44. The van der Waals surface area contributed by atoms with Gasteiger partial charge in [0.1, 0.15) is 0 Å². The van der Waals surface area contributed by atoms with Gasteiger partial charge in [-0.05, 0) is 13.0 Å². The first-order chi connectivity index (χ1) is 2.89. The molecule has 0 spiro atoms. The van der Waals surface area contributed by atoms with Gasteiger partial charge in [0.05, 0.1) is 0 Å². The number of aryl methyl sites for hydroxylation is 1. The van der Waals surface area contributed by atoms with Gasteiger partial charge < -0.3 is 0 Å². The van der Waals surface area contributed by atoms with Crippen LogP contribution in [0, 0.1) is 6.92 Å². The standard InChI is InChI=1S/C4H6N2.B/c1-4-2-3-5-6-4;/h2-3H,1H3,(H,5,6);. The van der Waals surface area contributed by atoms with Crippen molar-refractivity contribution in [3.05, 3.63) is 18.0 Å². The summed E-state index contributed by atoms with van der Waals surface area (Å²) in [5.41, 5.74) is 1.11. The monoisotopic (exact) mass is 93.1 g/mol. The fraction of sp³-hybridized carbons (Fsp3) is 0.250. The maximum atomic E-state index is 3.70. The van der Waals surface area contributed by atoms with Crippen molar-refractivity contribution in [3.63, 3.8) is 0 Å². The van der Waals surface area contributed by atoms with E-state index in [1.807, 2.05) is 13.0 Å². The van der Waals surface area contributed by atoms with Crippen molar-refractivity contribution < 1.29 is 0 Å². The molecule has 35 valence electrons. The van der Waals surface area contributed by atoms with E-state index in [1.54, 1.807) is 6.20 Å². The molecular weight excluding hydrogens is 86.9 g/mol. The van der Waals surface area contributed by atoms with Crippen LogP contribution in [0.3, 0.4) is 0 Å². The number of aromatic nitrogens is 2. The number of rotatable bonds is 0. The summed E-state index contributed by atoms with van der Waals surface area (Å²) in [7, 11) is 0. The van der Waals surface area contributed by atoms with Gasteiger partial charge in [-0.1, -0.05) is 0 Å². The quantitative estimate of drug-likeness (QED) is 0.460. The lowest BCUT2D eigenvalue weighted by Crippen LogP contribution is -1.65. The highest BCUT2D eigenvalue weighted by Crippen LogP contribution is 1.82. The van der Waals surface area contributed by atoms with Gasteiger partial charge in [0.15, 0.2) is 0 Å². The second kappa shape index (κ2) is 2.45. The second-order valence-electron chi connectivity index (χ2n) is 1.24. The number of H-pyrrole nitrogens is 1. The number of nitrogens with one attached hydrogen (secondary N) is 1. The summed E-state index contributed by atoms with van der Waals surface area (Å²) in [6.45, 7) is 1.97. The zero-order chi connectivity index (χ0) is 4.41. The van der Waals surface area contributed by atoms with Crippen LogP contribution in [0.15, 0.2) is 12.3 Å². The van der Waals surface area contributed by atoms with Crippen molar-refractivity contribution in [2.45, 2.75) is 6.92 Å². The first-order valence-corrected chi connectivity index (χ1v) is 1.85. The SMILES string of the molecule is Cc1ccn[nH]1.[B]. The lowest BCUT2D eigenvalue weighted by molar-refractivity contribution is 1.05. The van der Waals surface area contributed by atoms with Gasteiger partial charge >= 0.3 is 0 Å². The summed E-state index contributed by atoms with van der Waals surface area (Å²) >= 11 is 0. The molecule has 1 aromatic rings. The van der Waals surface area contributed by atoms with Gasteiger partial charge in [0.2, 0.25) is 0 Å². The van der Waals surface area contributed by atoms with Crippen molar-refractivity contribution in [2.75, 3.05) is 0 Å². The van der Waals surface area contributed by atoms with Crippen LogP contribution < -0.4 is 0 Å². The van der Waals surface area contributed by atoms with E-state index in [1.165, 1.54) is 0 Å². The Morgan fingerprint density at radius 3 is 2.57 bits per heavy atom. The Hall–Kier alpha value is -0.725. The maximum absolute atomic E-state index is 3.70. The van der Waals surface area contributed by atoms with E-state index in [2.05, 4.69) is 10.2 Å². The van der Waals surface area contributed by atoms with Crippen molar-refractivity contribution in [3.8, 4) is 0 Å². The van der Waals surface area contributed by atoms with E-state index in [0.29, 0.717) is 0 Å². The molecule has 0 aliphatic carbocycles. The van der Waals surface area contributed by atoms with Gasteiger partial charge in [-0.15, -0.1) is 0 Å². The predicted molar refractivity (Wildman–Crippen MR) is 29.1 cm³/mol. The Balaban J connectivity index is 0.000000360. The van der Waals surface area contributed by atoms with Gasteiger partial charge in [-0.25, -0.2) is 0 Å². The van der Waals surface area contributed by atoms with Gasteiger partial charge in [-0.2, -0.15) is 5.10 Å². The molecular formula is C4H6BN2. The molecule has 1 aromatic heterocycles. The molecule has 0 aliphatic rings.